The number of carbonyl (C=O) groups excluding carboxylic acids is 1. The summed E-state index contributed by atoms with van der Waals surface area (Å²) in [5, 5.41) is 0. The predicted molar refractivity (Wildman–Crippen MR) is 71.7 cm³/mol. The van der Waals surface area contributed by atoms with Gasteiger partial charge in [-0.3, -0.25) is 0 Å². The van der Waals surface area contributed by atoms with E-state index in [1.54, 1.807) is 0 Å². The van der Waals surface area contributed by atoms with E-state index < -0.39 is 0 Å². The van der Waals surface area contributed by atoms with Gasteiger partial charge in [0, 0.05) is 11.3 Å². The Morgan fingerprint density at radius 2 is 1.94 bits per heavy atom. The van der Waals surface area contributed by atoms with Crippen molar-refractivity contribution >= 4 is 5.97 Å². The fourth-order valence-corrected chi connectivity index (χ4v) is 2.22. The van der Waals surface area contributed by atoms with Gasteiger partial charge in [-0.25, -0.2) is 4.79 Å². The van der Waals surface area contributed by atoms with Crippen molar-refractivity contribution < 1.29 is 9.53 Å². The van der Waals surface area contributed by atoms with Crippen LogP contribution < -0.4 is 0 Å². The minimum atomic E-state index is -0.323. The Balaban J connectivity index is 2.64. The third-order valence-electron chi connectivity index (χ3n) is 3.16. The second kappa shape index (κ2) is 5.08. The summed E-state index contributed by atoms with van der Waals surface area (Å²) in [4.78, 5) is 15.0. The second-order valence-corrected chi connectivity index (χ2v) is 4.19. The Kier molecular flexibility index (Phi) is 3.51. The lowest BCUT2D eigenvalue weighted by molar-refractivity contribution is 0.0595. The number of rotatable bonds is 3. The molecule has 0 saturated carbocycles. The minimum Gasteiger partial charge on any atom is -0.464 e. The van der Waals surface area contributed by atoms with Crippen molar-refractivity contribution in [3.8, 4) is 11.1 Å². The summed E-state index contributed by atoms with van der Waals surface area (Å²) in [5.41, 5.74) is 4.71. The summed E-state index contributed by atoms with van der Waals surface area (Å²) < 4.78 is 4.84. The monoisotopic (exact) mass is 243 g/mol. The molecule has 2 rings (SSSR count). The standard InChI is InChI=1S/C15H17NO2/c1-4-12-10(2)13(11-8-6-5-7-9-11)14(16-12)15(17)18-3/h5-9,16H,4H2,1-3H3. The molecule has 0 amide bonds. The topological polar surface area (TPSA) is 42.1 Å². The van der Waals surface area contributed by atoms with Crippen LogP contribution in [0.1, 0.15) is 28.7 Å². The Morgan fingerprint density at radius 3 is 2.50 bits per heavy atom. The Hall–Kier alpha value is -2.03. The van der Waals surface area contributed by atoms with Gasteiger partial charge in [-0.15, -0.1) is 0 Å². The predicted octanol–water partition coefficient (Wildman–Crippen LogP) is 3.34. The summed E-state index contributed by atoms with van der Waals surface area (Å²) in [5.74, 6) is -0.323. The molecule has 1 aromatic carbocycles. The van der Waals surface area contributed by atoms with E-state index in [4.69, 9.17) is 4.74 Å². The molecule has 3 nitrogen and oxygen atoms in total. The SMILES string of the molecule is CCc1[nH]c(C(=O)OC)c(-c2ccccc2)c1C. The highest BCUT2D eigenvalue weighted by Crippen LogP contribution is 2.30. The van der Waals surface area contributed by atoms with Gasteiger partial charge < -0.3 is 9.72 Å². The van der Waals surface area contributed by atoms with Gasteiger partial charge >= 0.3 is 5.97 Å². The van der Waals surface area contributed by atoms with Crippen LogP contribution in [0.3, 0.4) is 0 Å². The van der Waals surface area contributed by atoms with Crippen molar-refractivity contribution in [2.75, 3.05) is 7.11 Å². The highest BCUT2D eigenvalue weighted by molar-refractivity contribution is 5.97. The van der Waals surface area contributed by atoms with Crippen LogP contribution >= 0.6 is 0 Å². The van der Waals surface area contributed by atoms with Gasteiger partial charge in [-0.1, -0.05) is 37.3 Å². The van der Waals surface area contributed by atoms with Crippen LogP contribution in [0.15, 0.2) is 30.3 Å². The Bertz CT molecular complexity index is 555. The van der Waals surface area contributed by atoms with Crippen molar-refractivity contribution in [1.29, 1.82) is 0 Å². The van der Waals surface area contributed by atoms with E-state index in [9.17, 15) is 4.79 Å². The average molecular weight is 243 g/mol. The van der Waals surface area contributed by atoms with Crippen molar-refractivity contribution in [2.24, 2.45) is 0 Å². The van der Waals surface area contributed by atoms with Crippen LogP contribution in [0, 0.1) is 6.92 Å². The van der Waals surface area contributed by atoms with Crippen LogP contribution in [-0.4, -0.2) is 18.1 Å². The van der Waals surface area contributed by atoms with Gasteiger partial charge in [0.15, 0.2) is 0 Å². The minimum absolute atomic E-state index is 0.323. The number of esters is 1. The highest BCUT2D eigenvalue weighted by atomic mass is 16.5. The normalized spacial score (nSPS) is 10.4. The van der Waals surface area contributed by atoms with E-state index in [1.165, 1.54) is 7.11 Å². The molecule has 94 valence electrons. The smallest absolute Gasteiger partial charge is 0.355 e. The molecule has 1 heterocycles. The zero-order valence-electron chi connectivity index (χ0n) is 10.9. The van der Waals surface area contributed by atoms with Gasteiger partial charge in [0.2, 0.25) is 0 Å². The molecule has 0 radical (unpaired) electrons. The lowest BCUT2D eigenvalue weighted by atomic mass is 10.0. The number of hydrogen-bond acceptors (Lipinski definition) is 2. The third-order valence-corrected chi connectivity index (χ3v) is 3.16. The fourth-order valence-electron chi connectivity index (χ4n) is 2.22. The number of hydrogen-bond donors (Lipinski definition) is 1. The molecule has 0 unspecified atom stereocenters. The summed E-state index contributed by atoms with van der Waals surface area (Å²) in [6.45, 7) is 4.10. The summed E-state index contributed by atoms with van der Waals surface area (Å²) in [7, 11) is 1.40. The Morgan fingerprint density at radius 1 is 1.28 bits per heavy atom. The third kappa shape index (κ3) is 2.04. The number of carbonyl (C=O) groups is 1. The van der Waals surface area contributed by atoms with Crippen LogP contribution in [0.25, 0.3) is 11.1 Å². The lowest BCUT2D eigenvalue weighted by Gasteiger charge is -2.04. The molecule has 2 aromatic rings. The molecule has 3 heteroatoms. The van der Waals surface area contributed by atoms with Crippen molar-refractivity contribution in [3.05, 3.63) is 47.3 Å². The lowest BCUT2D eigenvalue weighted by Crippen LogP contribution is -2.03. The maximum atomic E-state index is 11.8. The number of nitrogens with one attached hydrogen (secondary N) is 1. The maximum Gasteiger partial charge on any atom is 0.355 e. The first kappa shape index (κ1) is 12.4. The largest absolute Gasteiger partial charge is 0.464 e. The molecule has 0 bridgehead atoms. The summed E-state index contributed by atoms with van der Waals surface area (Å²) >= 11 is 0. The molecule has 1 N–H and O–H groups in total. The molecule has 0 aliphatic heterocycles. The van der Waals surface area contributed by atoms with Crippen LogP contribution in [0.2, 0.25) is 0 Å². The fraction of sp³-hybridized carbons (Fsp3) is 0.267. The van der Waals surface area contributed by atoms with Gasteiger partial charge in [0.1, 0.15) is 5.69 Å². The molecular weight excluding hydrogens is 226 g/mol. The first-order valence-corrected chi connectivity index (χ1v) is 6.04. The van der Waals surface area contributed by atoms with E-state index in [0.29, 0.717) is 5.69 Å². The molecule has 0 aliphatic carbocycles. The van der Waals surface area contributed by atoms with E-state index in [0.717, 1.165) is 28.8 Å². The van der Waals surface area contributed by atoms with E-state index in [1.807, 2.05) is 37.3 Å². The molecule has 18 heavy (non-hydrogen) atoms. The van der Waals surface area contributed by atoms with E-state index in [-0.39, 0.29) is 5.97 Å². The zero-order valence-corrected chi connectivity index (χ0v) is 10.9. The number of ether oxygens (including phenoxy) is 1. The molecule has 0 fully saturated rings. The van der Waals surface area contributed by atoms with Gasteiger partial charge in [0.05, 0.1) is 7.11 Å². The average Bonchev–Trinajstić information content (AvgIpc) is 2.75. The van der Waals surface area contributed by atoms with Crippen LogP contribution in [-0.2, 0) is 11.2 Å². The first-order valence-electron chi connectivity index (χ1n) is 6.04. The quantitative estimate of drug-likeness (QED) is 0.840. The maximum absolute atomic E-state index is 11.8. The number of methoxy groups -OCH3 is 1. The summed E-state index contributed by atoms with van der Waals surface area (Å²) in [6, 6.07) is 9.90. The summed E-state index contributed by atoms with van der Waals surface area (Å²) in [6.07, 6.45) is 0.864. The molecule has 0 spiro atoms. The number of aryl methyl sites for hydroxylation is 1. The molecule has 0 atom stereocenters. The van der Waals surface area contributed by atoms with Gasteiger partial charge in [-0.2, -0.15) is 0 Å². The van der Waals surface area contributed by atoms with Crippen molar-refractivity contribution in [1.82, 2.24) is 4.98 Å². The van der Waals surface area contributed by atoms with E-state index >= 15 is 0 Å². The van der Waals surface area contributed by atoms with E-state index in [2.05, 4.69) is 11.9 Å². The number of H-pyrrole nitrogens is 1. The van der Waals surface area contributed by atoms with Crippen LogP contribution in [0.4, 0.5) is 0 Å². The van der Waals surface area contributed by atoms with Gasteiger partial charge in [-0.05, 0) is 24.5 Å². The number of aromatic amines is 1. The number of aromatic nitrogens is 1. The van der Waals surface area contributed by atoms with Crippen LogP contribution in [0.5, 0.6) is 0 Å². The van der Waals surface area contributed by atoms with Crippen molar-refractivity contribution in [2.45, 2.75) is 20.3 Å². The Labute approximate surface area is 107 Å². The molecule has 0 aliphatic rings. The van der Waals surface area contributed by atoms with Gasteiger partial charge in [0.25, 0.3) is 0 Å². The van der Waals surface area contributed by atoms with Crippen molar-refractivity contribution in [3.63, 3.8) is 0 Å². The number of benzene rings is 1. The zero-order chi connectivity index (χ0) is 13.1. The first-order chi connectivity index (χ1) is 8.69. The second-order valence-electron chi connectivity index (χ2n) is 4.19. The molecular formula is C15H17NO2. The molecule has 0 saturated heterocycles. The molecule has 1 aromatic heterocycles. The highest BCUT2D eigenvalue weighted by Gasteiger charge is 2.20.